The summed E-state index contributed by atoms with van der Waals surface area (Å²) in [7, 11) is 0. The van der Waals surface area contributed by atoms with Crippen molar-refractivity contribution in [2.45, 2.75) is 46.7 Å². The molecule has 0 aromatic heterocycles. The lowest BCUT2D eigenvalue weighted by molar-refractivity contribution is 0.222. The number of ether oxygens (including phenoxy) is 1. The van der Waals surface area contributed by atoms with Gasteiger partial charge in [-0.1, -0.05) is 13.8 Å². The van der Waals surface area contributed by atoms with Crippen molar-refractivity contribution in [2.24, 2.45) is 0 Å². The molecule has 0 radical (unpaired) electrons. The van der Waals surface area contributed by atoms with Crippen LogP contribution in [0.2, 0.25) is 0 Å². The molecule has 0 aliphatic carbocycles. The Kier molecular flexibility index (Phi) is 7.12. The maximum absolute atomic E-state index is 13.6. The van der Waals surface area contributed by atoms with Gasteiger partial charge in [-0.2, -0.15) is 0 Å². The van der Waals surface area contributed by atoms with E-state index in [1.54, 1.807) is 6.07 Å². The van der Waals surface area contributed by atoms with E-state index in [1.165, 1.54) is 6.07 Å². The quantitative estimate of drug-likeness (QED) is 0.795. The zero-order valence-corrected chi connectivity index (χ0v) is 14.0. The SMILES string of the molecule is CCN(CC)CCOc1cc(F)cc(CNC(C)(C)C)c1. The largest absolute Gasteiger partial charge is 0.492 e. The van der Waals surface area contributed by atoms with Gasteiger partial charge in [0.25, 0.3) is 0 Å². The van der Waals surface area contributed by atoms with Crippen molar-refractivity contribution in [3.63, 3.8) is 0 Å². The number of nitrogens with one attached hydrogen (secondary N) is 1. The highest BCUT2D eigenvalue weighted by Gasteiger charge is 2.10. The number of halogens is 1. The van der Waals surface area contributed by atoms with Crippen molar-refractivity contribution in [3.05, 3.63) is 29.6 Å². The lowest BCUT2D eigenvalue weighted by Crippen LogP contribution is -2.35. The lowest BCUT2D eigenvalue weighted by atomic mass is 10.1. The first-order chi connectivity index (χ1) is 9.84. The molecule has 0 fully saturated rings. The lowest BCUT2D eigenvalue weighted by Gasteiger charge is -2.21. The third kappa shape index (κ3) is 7.44. The number of nitrogens with zero attached hydrogens (tertiary/aromatic N) is 1. The molecule has 0 amide bonds. The summed E-state index contributed by atoms with van der Waals surface area (Å²) in [5, 5.41) is 3.35. The highest BCUT2D eigenvalue weighted by Crippen LogP contribution is 2.17. The number of hydrogen-bond donors (Lipinski definition) is 1. The first-order valence-corrected chi connectivity index (χ1v) is 7.73. The Morgan fingerprint density at radius 2 is 1.81 bits per heavy atom. The summed E-state index contributed by atoms with van der Waals surface area (Å²) in [6.45, 7) is 14.6. The van der Waals surface area contributed by atoms with Crippen LogP contribution in [0.25, 0.3) is 0 Å². The monoisotopic (exact) mass is 296 g/mol. The van der Waals surface area contributed by atoms with Crippen molar-refractivity contribution in [2.75, 3.05) is 26.2 Å². The summed E-state index contributed by atoms with van der Waals surface area (Å²) in [6.07, 6.45) is 0. The molecule has 0 aliphatic heterocycles. The van der Waals surface area contributed by atoms with Crippen molar-refractivity contribution in [1.82, 2.24) is 10.2 Å². The zero-order valence-electron chi connectivity index (χ0n) is 14.0. The van der Waals surface area contributed by atoms with Crippen molar-refractivity contribution < 1.29 is 9.13 Å². The molecule has 0 saturated carbocycles. The van der Waals surface area contributed by atoms with Gasteiger partial charge in [-0.3, -0.25) is 0 Å². The Balaban J connectivity index is 2.56. The van der Waals surface area contributed by atoms with Gasteiger partial charge in [0.2, 0.25) is 0 Å². The van der Waals surface area contributed by atoms with Gasteiger partial charge >= 0.3 is 0 Å². The molecular formula is C17H29FN2O. The fraction of sp³-hybridized carbons (Fsp3) is 0.647. The van der Waals surface area contributed by atoms with Gasteiger partial charge in [0.05, 0.1) is 0 Å². The van der Waals surface area contributed by atoms with Gasteiger partial charge in [-0.05, 0) is 51.6 Å². The predicted molar refractivity (Wildman–Crippen MR) is 86.3 cm³/mol. The Bertz CT molecular complexity index is 425. The first-order valence-electron chi connectivity index (χ1n) is 7.73. The second kappa shape index (κ2) is 8.35. The minimum absolute atomic E-state index is 0.0100. The minimum atomic E-state index is -0.249. The standard InChI is InChI=1S/C17H29FN2O/c1-6-20(7-2)8-9-21-16-11-14(10-15(18)12-16)13-19-17(3,4)5/h10-12,19H,6-9,13H2,1-5H3. The van der Waals surface area contributed by atoms with Crippen LogP contribution in [0.1, 0.15) is 40.2 Å². The molecule has 1 N–H and O–H groups in total. The van der Waals surface area contributed by atoms with Crippen LogP contribution in [0, 0.1) is 5.82 Å². The van der Waals surface area contributed by atoms with E-state index in [2.05, 4.69) is 44.8 Å². The van der Waals surface area contributed by atoms with Crippen molar-refractivity contribution in [1.29, 1.82) is 0 Å². The molecule has 0 atom stereocenters. The Morgan fingerprint density at radius 1 is 1.14 bits per heavy atom. The maximum atomic E-state index is 13.6. The average Bonchev–Trinajstić information content (AvgIpc) is 2.40. The molecule has 120 valence electrons. The van der Waals surface area contributed by atoms with E-state index in [0.29, 0.717) is 18.9 Å². The van der Waals surface area contributed by atoms with Crippen molar-refractivity contribution >= 4 is 0 Å². The van der Waals surface area contributed by atoms with E-state index in [1.807, 2.05) is 6.07 Å². The number of likely N-dealkylation sites (N-methyl/N-ethyl adjacent to an activating group) is 1. The van der Waals surface area contributed by atoms with E-state index >= 15 is 0 Å². The molecule has 1 aromatic rings. The van der Waals surface area contributed by atoms with Gasteiger partial charge in [0.15, 0.2) is 0 Å². The van der Waals surface area contributed by atoms with Crippen LogP contribution in [0.15, 0.2) is 18.2 Å². The molecule has 0 unspecified atom stereocenters. The summed E-state index contributed by atoms with van der Waals surface area (Å²) < 4.78 is 19.3. The molecule has 1 aromatic carbocycles. The van der Waals surface area contributed by atoms with E-state index in [-0.39, 0.29) is 11.4 Å². The molecule has 0 spiro atoms. The number of benzene rings is 1. The van der Waals surface area contributed by atoms with Crippen LogP contribution in [-0.2, 0) is 6.54 Å². The number of hydrogen-bond acceptors (Lipinski definition) is 3. The van der Waals surface area contributed by atoms with Gasteiger partial charge in [0, 0.05) is 24.7 Å². The third-order valence-electron chi connectivity index (χ3n) is 3.32. The fourth-order valence-corrected chi connectivity index (χ4v) is 2.01. The van der Waals surface area contributed by atoms with E-state index < -0.39 is 0 Å². The van der Waals surface area contributed by atoms with Gasteiger partial charge in [-0.25, -0.2) is 4.39 Å². The molecule has 3 nitrogen and oxygen atoms in total. The summed E-state index contributed by atoms with van der Waals surface area (Å²) in [6, 6.07) is 4.91. The molecule has 0 aliphatic rings. The topological polar surface area (TPSA) is 24.5 Å². The molecule has 0 bridgehead atoms. The van der Waals surface area contributed by atoms with Crippen molar-refractivity contribution in [3.8, 4) is 5.75 Å². The Morgan fingerprint density at radius 3 is 2.38 bits per heavy atom. The van der Waals surface area contributed by atoms with Crippen LogP contribution in [0.5, 0.6) is 5.75 Å². The van der Waals surface area contributed by atoms with Crippen LogP contribution in [0.4, 0.5) is 4.39 Å². The van der Waals surface area contributed by atoms with Crippen LogP contribution < -0.4 is 10.1 Å². The Labute approximate surface area is 128 Å². The predicted octanol–water partition coefficient (Wildman–Crippen LogP) is 3.43. The summed E-state index contributed by atoms with van der Waals surface area (Å²) in [5.74, 6) is 0.355. The van der Waals surface area contributed by atoms with Crippen LogP contribution >= 0.6 is 0 Å². The van der Waals surface area contributed by atoms with Crippen LogP contribution in [-0.4, -0.2) is 36.7 Å². The average molecular weight is 296 g/mol. The normalized spacial score (nSPS) is 12.0. The highest BCUT2D eigenvalue weighted by atomic mass is 19.1. The molecule has 1 rings (SSSR count). The summed E-state index contributed by atoms with van der Waals surface area (Å²) in [4.78, 5) is 2.28. The molecule has 0 heterocycles. The second-order valence-electron chi connectivity index (χ2n) is 6.27. The van der Waals surface area contributed by atoms with Gasteiger partial charge < -0.3 is 15.0 Å². The zero-order chi connectivity index (χ0) is 15.9. The maximum Gasteiger partial charge on any atom is 0.127 e. The highest BCUT2D eigenvalue weighted by molar-refractivity contribution is 5.29. The fourth-order valence-electron chi connectivity index (χ4n) is 2.01. The Hall–Kier alpha value is -1.13. The van der Waals surface area contributed by atoms with Gasteiger partial charge in [0.1, 0.15) is 18.2 Å². The minimum Gasteiger partial charge on any atom is -0.492 e. The van der Waals surface area contributed by atoms with E-state index in [9.17, 15) is 4.39 Å². The van der Waals surface area contributed by atoms with Gasteiger partial charge in [-0.15, -0.1) is 0 Å². The molecule has 0 saturated heterocycles. The van der Waals surface area contributed by atoms with Crippen LogP contribution in [0.3, 0.4) is 0 Å². The first kappa shape index (κ1) is 17.9. The second-order valence-corrected chi connectivity index (χ2v) is 6.27. The van der Waals surface area contributed by atoms with E-state index in [0.717, 1.165) is 25.2 Å². The third-order valence-corrected chi connectivity index (χ3v) is 3.32. The number of rotatable bonds is 8. The smallest absolute Gasteiger partial charge is 0.127 e. The molecule has 4 heteroatoms. The molecular weight excluding hydrogens is 267 g/mol. The van der Waals surface area contributed by atoms with E-state index in [4.69, 9.17) is 4.74 Å². The summed E-state index contributed by atoms with van der Waals surface area (Å²) in [5.41, 5.74) is 0.915. The molecule has 21 heavy (non-hydrogen) atoms. The summed E-state index contributed by atoms with van der Waals surface area (Å²) >= 11 is 0.